The number of phenolic OH excluding ortho intramolecular Hbond substituents is 2. The SMILES string of the molecule is O=S(=O)(O)c1cc(Nc2nc(Cl)nc(Nc3cc(S(=O)(=O)O)cc4cc(S(=O)(=O)O)c(N=Nc5ccc(S(=O)(=O)CCOSOOO)cc5)c(O)c34)n2)c2c(O)c(N=Nc3ccc(S(=O)(=O)CCOSOOO)cc3)c(SOOO)cc2c1. The molecule has 0 amide bonds. The van der Waals surface area contributed by atoms with E-state index in [4.69, 9.17) is 35.7 Å². The first-order valence-corrected chi connectivity index (χ1v) is 31.4. The van der Waals surface area contributed by atoms with Crippen molar-refractivity contribution in [2.45, 2.75) is 29.4 Å². The third kappa shape index (κ3) is 16.6. The highest BCUT2D eigenvalue weighted by atomic mass is 35.5. The Labute approximate surface area is 482 Å². The van der Waals surface area contributed by atoms with Gasteiger partial charge in [0.25, 0.3) is 30.4 Å². The third-order valence-corrected chi connectivity index (χ3v) is 17.8. The molecular formula is C39H32ClN9O26S8. The number of sulfone groups is 2. The number of nitrogens with zero attached hydrogens (tertiary/aromatic N) is 7. The fraction of sp³-hybridized carbons (Fsp3) is 0.103. The molecule has 0 aliphatic heterocycles. The minimum atomic E-state index is -5.39. The number of fused-ring (bicyclic) bond motifs is 2. The predicted molar refractivity (Wildman–Crippen MR) is 285 cm³/mol. The van der Waals surface area contributed by atoms with Gasteiger partial charge in [0.05, 0.1) is 84.0 Å². The van der Waals surface area contributed by atoms with Crippen molar-refractivity contribution in [2.75, 3.05) is 35.4 Å². The van der Waals surface area contributed by atoms with Crippen molar-refractivity contribution in [1.29, 1.82) is 0 Å². The van der Waals surface area contributed by atoms with Gasteiger partial charge >= 0.3 is 0 Å². The van der Waals surface area contributed by atoms with E-state index in [1.165, 1.54) is 12.1 Å². The van der Waals surface area contributed by atoms with Gasteiger partial charge in [-0.3, -0.25) is 22.0 Å². The van der Waals surface area contributed by atoms with Crippen LogP contribution in [0.4, 0.5) is 46.0 Å². The van der Waals surface area contributed by atoms with E-state index in [1.807, 2.05) is 0 Å². The Morgan fingerprint density at radius 3 is 1.35 bits per heavy atom. The first-order valence-electron chi connectivity index (χ1n) is 21.4. The smallest absolute Gasteiger partial charge is 0.296 e. The predicted octanol–water partition coefficient (Wildman–Crippen LogP) is 8.28. The summed E-state index contributed by atoms with van der Waals surface area (Å²) in [7, 11) is -23.6. The molecule has 44 heteroatoms. The van der Waals surface area contributed by atoms with Gasteiger partial charge in [-0.1, -0.05) is 15.1 Å². The van der Waals surface area contributed by atoms with Crippen molar-refractivity contribution in [1.82, 2.24) is 15.0 Å². The van der Waals surface area contributed by atoms with Crippen molar-refractivity contribution in [2.24, 2.45) is 20.5 Å². The Morgan fingerprint density at radius 2 is 0.928 bits per heavy atom. The Morgan fingerprint density at radius 1 is 0.506 bits per heavy atom. The third-order valence-electron chi connectivity index (χ3n) is 10.4. The lowest BCUT2D eigenvalue weighted by atomic mass is 10.1. The molecule has 0 radical (unpaired) electrons. The van der Waals surface area contributed by atoms with Crippen molar-refractivity contribution in [3.63, 3.8) is 0 Å². The first kappa shape index (κ1) is 64.3. The standard InChI is InChI=1S/C39H32ClN9O26S8/c40-37-43-38(41-27-17-25(81(59,60)61)13-19-15-29(76-73-70-52)33(35(50)31(19)27)48-46-21-1-5-23(6-2-21)79(55,56)11-9-68-77-74-71-53)45-39(44-37)42-28-18-26(82(62,63)64)14-20-16-30(83(65,66)67)34(36(51)32(20)28)49-47-22-3-7-24(8-4-22)80(57,58)12-10-69-78-75-72-54/h1-8,13-18,50-54H,9-12H2,(H,59,60,61)(H,62,63,64)(H,65,66,67)(H2,41,42,43,44,45). The molecule has 0 atom stereocenters. The van der Waals surface area contributed by atoms with Gasteiger partial charge in [-0.2, -0.15) is 50.4 Å². The number of aromatic hydroxyl groups is 2. The van der Waals surface area contributed by atoms with Crippen molar-refractivity contribution < 1.29 is 118 Å². The lowest BCUT2D eigenvalue weighted by Gasteiger charge is -2.16. The van der Waals surface area contributed by atoms with E-state index in [-0.39, 0.29) is 80.1 Å². The Balaban J connectivity index is 1.28. The molecule has 10 N–H and O–H groups in total. The molecule has 0 aliphatic carbocycles. The summed E-state index contributed by atoms with van der Waals surface area (Å²) >= 11 is 6.83. The second kappa shape index (κ2) is 27.2. The summed E-state index contributed by atoms with van der Waals surface area (Å²) in [6.45, 7) is -0.809. The first-order chi connectivity index (χ1) is 39.1. The number of phenols is 2. The number of hydrogen-bond donors (Lipinski definition) is 10. The van der Waals surface area contributed by atoms with Crippen LogP contribution in [0.25, 0.3) is 21.5 Å². The average molecular weight is 1330 g/mol. The zero-order valence-corrected chi connectivity index (χ0v) is 47.4. The number of azo groups is 2. The van der Waals surface area contributed by atoms with Crippen molar-refractivity contribution >= 4 is 166 Å². The normalized spacial score (nSPS) is 12.8. The molecular weight excluding hydrogens is 1300 g/mol. The zero-order valence-electron chi connectivity index (χ0n) is 40.1. The molecule has 0 aliphatic rings. The summed E-state index contributed by atoms with van der Waals surface area (Å²) in [5, 5.41) is 77.8. The summed E-state index contributed by atoms with van der Waals surface area (Å²) in [5.74, 6) is -4.39. The number of nitrogens with one attached hydrogen (secondary N) is 2. The highest BCUT2D eigenvalue weighted by Crippen LogP contribution is 2.49. The molecule has 6 aromatic carbocycles. The highest BCUT2D eigenvalue weighted by Gasteiger charge is 2.28. The van der Waals surface area contributed by atoms with Crippen LogP contribution in [0.15, 0.2) is 135 Å². The molecule has 0 spiro atoms. The molecule has 0 saturated carbocycles. The van der Waals surface area contributed by atoms with Crippen LogP contribution in [0.5, 0.6) is 11.5 Å². The second-order valence-corrected chi connectivity index (χ2v) is 26.1. The van der Waals surface area contributed by atoms with E-state index in [0.29, 0.717) is 18.2 Å². The van der Waals surface area contributed by atoms with Gasteiger partial charge in [0.1, 0.15) is 16.3 Å². The fourth-order valence-electron chi connectivity index (χ4n) is 6.93. The van der Waals surface area contributed by atoms with Gasteiger partial charge in [-0.25, -0.2) is 32.6 Å². The van der Waals surface area contributed by atoms with E-state index in [1.54, 1.807) is 0 Å². The second-order valence-electron chi connectivity index (χ2n) is 15.5. The number of rotatable bonds is 28. The lowest BCUT2D eigenvalue weighted by Crippen LogP contribution is -2.10. The fourth-order valence-corrected chi connectivity index (χ4v) is 12.2. The summed E-state index contributed by atoms with van der Waals surface area (Å²) in [4.78, 5) is 8.41. The molecule has 1 aromatic heterocycles. The molecule has 444 valence electrons. The Kier molecular flexibility index (Phi) is 21.1. The van der Waals surface area contributed by atoms with Crippen LogP contribution in [0.1, 0.15) is 0 Å². The van der Waals surface area contributed by atoms with Crippen molar-refractivity contribution in [3.05, 3.63) is 90.2 Å². The molecule has 0 saturated heterocycles. The number of halogens is 1. The maximum Gasteiger partial charge on any atom is 0.296 e. The van der Waals surface area contributed by atoms with E-state index in [9.17, 15) is 66.0 Å². The molecule has 0 fully saturated rings. The van der Waals surface area contributed by atoms with Crippen LogP contribution >= 0.6 is 48.3 Å². The number of benzene rings is 6. The molecule has 83 heavy (non-hydrogen) atoms. The van der Waals surface area contributed by atoms with E-state index in [2.05, 4.69) is 74.2 Å². The topological polar surface area (TPSA) is 519 Å². The minimum absolute atomic E-state index is 0.0107. The van der Waals surface area contributed by atoms with Crippen molar-refractivity contribution in [3.8, 4) is 11.5 Å². The zero-order chi connectivity index (χ0) is 60.5. The summed E-state index contributed by atoms with van der Waals surface area (Å²) in [6.07, 6.45) is 0. The van der Waals surface area contributed by atoms with Crippen LogP contribution in [0.2, 0.25) is 5.28 Å². The lowest BCUT2D eigenvalue weighted by molar-refractivity contribution is -0.434. The van der Waals surface area contributed by atoms with E-state index < -0.39 is 145 Å². The quantitative estimate of drug-likeness (QED) is 0.00550. The van der Waals surface area contributed by atoms with Gasteiger partial charge in [-0.15, -0.1) is 23.2 Å². The van der Waals surface area contributed by atoms with E-state index in [0.717, 1.165) is 54.6 Å². The van der Waals surface area contributed by atoms with Crippen LogP contribution < -0.4 is 10.6 Å². The number of aromatic nitrogens is 3. The van der Waals surface area contributed by atoms with Crippen LogP contribution in [-0.2, 0) is 86.5 Å². The summed E-state index contributed by atoms with van der Waals surface area (Å²) in [5.41, 5.74) is -2.65. The highest BCUT2D eigenvalue weighted by molar-refractivity contribution is 7.94. The number of hydrogen-bond acceptors (Lipinski definition) is 35. The average Bonchev–Trinajstić information content (AvgIpc) is 3.61. The minimum Gasteiger partial charge on any atom is -0.505 e. The van der Waals surface area contributed by atoms with E-state index >= 15 is 0 Å². The summed E-state index contributed by atoms with van der Waals surface area (Å²) in [6, 6.07) is 14.0. The Hall–Kier alpha value is -6.22. The van der Waals surface area contributed by atoms with Gasteiger partial charge in [0, 0.05) is 10.8 Å². The maximum absolute atomic E-state index is 12.8. The van der Waals surface area contributed by atoms with Crippen LogP contribution in [-0.4, -0.2) is 121 Å². The number of anilines is 4. The largest absolute Gasteiger partial charge is 0.505 e. The van der Waals surface area contributed by atoms with Gasteiger partial charge in [0.2, 0.25) is 17.2 Å². The Bertz CT molecular complexity index is 4240. The molecule has 7 rings (SSSR count). The van der Waals surface area contributed by atoms with Gasteiger partial charge in [0.15, 0.2) is 55.8 Å². The molecule has 35 nitrogen and oxygen atoms in total. The van der Waals surface area contributed by atoms with Crippen LogP contribution in [0, 0.1) is 0 Å². The molecule has 7 aromatic rings. The monoisotopic (exact) mass is 1330 g/mol. The molecule has 0 bridgehead atoms. The summed E-state index contributed by atoms with van der Waals surface area (Å²) < 4.78 is 180. The van der Waals surface area contributed by atoms with Crippen LogP contribution in [0.3, 0.4) is 0 Å². The van der Waals surface area contributed by atoms with Gasteiger partial charge < -0.3 is 20.8 Å². The molecule has 1 heterocycles. The van der Waals surface area contributed by atoms with Gasteiger partial charge in [-0.05, 0) is 107 Å². The maximum atomic E-state index is 12.8. The molecule has 0 unspecified atom stereocenters.